The van der Waals surface area contributed by atoms with Crippen LogP contribution in [0.3, 0.4) is 0 Å². The van der Waals surface area contributed by atoms with Crippen LogP contribution in [0.4, 0.5) is 0 Å². The summed E-state index contributed by atoms with van der Waals surface area (Å²) < 4.78 is 5.36. The Labute approximate surface area is 109 Å². The van der Waals surface area contributed by atoms with Crippen molar-refractivity contribution in [3.05, 3.63) is 16.1 Å². The minimum atomic E-state index is 0.145. The van der Waals surface area contributed by atoms with Crippen LogP contribution in [-0.2, 0) is 16.7 Å². The van der Waals surface area contributed by atoms with Crippen molar-refractivity contribution >= 4 is 11.3 Å². The van der Waals surface area contributed by atoms with E-state index in [0.717, 1.165) is 24.8 Å². The summed E-state index contributed by atoms with van der Waals surface area (Å²) in [4.78, 5) is 4.65. The highest BCUT2D eigenvalue weighted by molar-refractivity contribution is 7.09. The van der Waals surface area contributed by atoms with Crippen LogP contribution >= 0.6 is 11.3 Å². The molecule has 0 radical (unpaired) electrons. The summed E-state index contributed by atoms with van der Waals surface area (Å²) in [7, 11) is 0. The molecule has 1 heterocycles. The quantitative estimate of drug-likeness (QED) is 0.849. The Kier molecular flexibility index (Phi) is 5.56. The van der Waals surface area contributed by atoms with Gasteiger partial charge < -0.3 is 10.1 Å². The van der Waals surface area contributed by atoms with E-state index in [2.05, 4.69) is 43.4 Å². The Hall–Kier alpha value is -0.450. The highest BCUT2D eigenvalue weighted by atomic mass is 32.1. The lowest BCUT2D eigenvalue weighted by atomic mass is 9.93. The molecule has 0 amide bonds. The molecule has 0 fully saturated rings. The van der Waals surface area contributed by atoms with Crippen molar-refractivity contribution in [3.8, 4) is 0 Å². The third kappa shape index (κ3) is 5.15. The third-order valence-corrected chi connectivity index (χ3v) is 3.34. The number of hydrogen-bond donors (Lipinski definition) is 1. The zero-order chi connectivity index (χ0) is 12.9. The minimum absolute atomic E-state index is 0.145. The highest BCUT2D eigenvalue weighted by Crippen LogP contribution is 2.23. The molecule has 0 saturated heterocycles. The third-order valence-electron chi connectivity index (χ3n) is 2.49. The topological polar surface area (TPSA) is 34.1 Å². The van der Waals surface area contributed by atoms with Crippen LogP contribution in [0.5, 0.6) is 0 Å². The van der Waals surface area contributed by atoms with Crippen LogP contribution in [0.25, 0.3) is 0 Å². The predicted molar refractivity (Wildman–Crippen MR) is 73.6 cm³/mol. The summed E-state index contributed by atoms with van der Waals surface area (Å²) in [6.45, 7) is 13.1. The monoisotopic (exact) mass is 256 g/mol. The molecule has 0 saturated carbocycles. The molecule has 0 aliphatic heterocycles. The van der Waals surface area contributed by atoms with Gasteiger partial charge in [0.15, 0.2) is 0 Å². The standard InChI is InChI=1S/C13H24N2OS/c1-6-16-8-10(2)14-7-12-15-11(9-17-12)13(3,4)5/h9-10,14H,6-8H2,1-5H3. The van der Waals surface area contributed by atoms with Crippen molar-refractivity contribution in [1.29, 1.82) is 0 Å². The van der Waals surface area contributed by atoms with Crippen LogP contribution in [0.1, 0.15) is 45.3 Å². The molecule has 0 aromatic carbocycles. The Morgan fingerprint density at radius 3 is 2.71 bits per heavy atom. The predicted octanol–water partition coefficient (Wildman–Crippen LogP) is 2.96. The van der Waals surface area contributed by atoms with Crippen LogP contribution in [-0.4, -0.2) is 24.2 Å². The van der Waals surface area contributed by atoms with Crippen LogP contribution in [0, 0.1) is 0 Å². The second kappa shape index (κ2) is 6.47. The van der Waals surface area contributed by atoms with Gasteiger partial charge in [-0.25, -0.2) is 4.98 Å². The molecule has 0 aliphatic carbocycles. The molecule has 1 unspecified atom stereocenters. The Morgan fingerprint density at radius 2 is 2.18 bits per heavy atom. The van der Waals surface area contributed by atoms with E-state index >= 15 is 0 Å². The van der Waals surface area contributed by atoms with Crippen LogP contribution in [0.15, 0.2) is 5.38 Å². The maximum atomic E-state index is 5.36. The molecule has 0 aliphatic rings. The number of nitrogens with zero attached hydrogens (tertiary/aromatic N) is 1. The number of aromatic nitrogens is 1. The van der Waals surface area contributed by atoms with E-state index in [1.807, 2.05) is 6.92 Å². The van der Waals surface area contributed by atoms with E-state index < -0.39 is 0 Å². The molecule has 0 bridgehead atoms. The number of ether oxygens (including phenoxy) is 1. The van der Waals surface area contributed by atoms with E-state index in [9.17, 15) is 0 Å². The van der Waals surface area contributed by atoms with Gasteiger partial charge in [-0.1, -0.05) is 20.8 Å². The van der Waals surface area contributed by atoms with Crippen molar-refractivity contribution in [1.82, 2.24) is 10.3 Å². The second-order valence-corrected chi connectivity index (χ2v) is 6.26. The Morgan fingerprint density at radius 1 is 1.47 bits per heavy atom. The maximum Gasteiger partial charge on any atom is 0.107 e. The molecule has 3 nitrogen and oxygen atoms in total. The van der Waals surface area contributed by atoms with Gasteiger partial charge in [-0.2, -0.15) is 0 Å². The molecule has 1 N–H and O–H groups in total. The molecule has 17 heavy (non-hydrogen) atoms. The highest BCUT2D eigenvalue weighted by Gasteiger charge is 2.17. The minimum Gasteiger partial charge on any atom is -0.380 e. The zero-order valence-electron chi connectivity index (χ0n) is 11.5. The summed E-state index contributed by atoms with van der Waals surface area (Å²) in [5, 5.41) is 6.73. The lowest BCUT2D eigenvalue weighted by Gasteiger charge is -2.14. The number of hydrogen-bond acceptors (Lipinski definition) is 4. The SMILES string of the molecule is CCOCC(C)NCc1nc(C(C)(C)C)cs1. The first-order chi connectivity index (χ1) is 7.93. The molecule has 1 aromatic rings. The van der Waals surface area contributed by atoms with E-state index in [-0.39, 0.29) is 5.41 Å². The van der Waals surface area contributed by atoms with Crippen molar-refractivity contribution in [2.75, 3.05) is 13.2 Å². The first-order valence-electron chi connectivity index (χ1n) is 6.19. The normalized spacial score (nSPS) is 13.9. The summed E-state index contributed by atoms with van der Waals surface area (Å²) in [5.41, 5.74) is 1.32. The average Bonchev–Trinajstić information content (AvgIpc) is 2.71. The van der Waals surface area contributed by atoms with Gasteiger partial charge in [-0.3, -0.25) is 0 Å². The number of thiazole rings is 1. The second-order valence-electron chi connectivity index (χ2n) is 5.32. The average molecular weight is 256 g/mol. The first kappa shape index (κ1) is 14.6. The van der Waals surface area contributed by atoms with Crippen LogP contribution < -0.4 is 5.32 Å². The van der Waals surface area contributed by atoms with Gasteiger partial charge in [0.05, 0.1) is 12.3 Å². The maximum absolute atomic E-state index is 5.36. The summed E-state index contributed by atoms with van der Waals surface area (Å²) in [6, 6.07) is 0.372. The molecule has 1 aromatic heterocycles. The molecule has 4 heteroatoms. The van der Waals surface area contributed by atoms with E-state index in [4.69, 9.17) is 4.74 Å². The first-order valence-corrected chi connectivity index (χ1v) is 7.07. The number of rotatable bonds is 6. The zero-order valence-corrected chi connectivity index (χ0v) is 12.4. The fourth-order valence-corrected chi connectivity index (χ4v) is 2.32. The van der Waals surface area contributed by atoms with Gasteiger partial charge in [0, 0.05) is 30.0 Å². The number of nitrogens with one attached hydrogen (secondary N) is 1. The lowest BCUT2D eigenvalue weighted by molar-refractivity contribution is 0.127. The van der Waals surface area contributed by atoms with Gasteiger partial charge in [0.1, 0.15) is 5.01 Å². The van der Waals surface area contributed by atoms with Crippen molar-refractivity contribution in [2.45, 2.75) is 52.6 Å². The van der Waals surface area contributed by atoms with Gasteiger partial charge in [0.2, 0.25) is 0 Å². The lowest BCUT2D eigenvalue weighted by Crippen LogP contribution is -2.30. The molecular weight excluding hydrogens is 232 g/mol. The van der Waals surface area contributed by atoms with Crippen molar-refractivity contribution < 1.29 is 4.74 Å². The van der Waals surface area contributed by atoms with Crippen molar-refractivity contribution in [2.24, 2.45) is 0 Å². The van der Waals surface area contributed by atoms with E-state index in [1.165, 1.54) is 5.69 Å². The molecule has 0 spiro atoms. The van der Waals surface area contributed by atoms with E-state index in [0.29, 0.717) is 6.04 Å². The summed E-state index contributed by atoms with van der Waals surface area (Å²) >= 11 is 1.73. The van der Waals surface area contributed by atoms with Gasteiger partial charge in [-0.05, 0) is 13.8 Å². The molecule has 1 atom stereocenters. The van der Waals surface area contributed by atoms with Gasteiger partial charge >= 0.3 is 0 Å². The Bertz CT molecular complexity index is 330. The Balaban J connectivity index is 2.40. The molecule has 1 rings (SSSR count). The molecule has 98 valence electrons. The van der Waals surface area contributed by atoms with Gasteiger partial charge in [-0.15, -0.1) is 11.3 Å². The van der Waals surface area contributed by atoms with Crippen molar-refractivity contribution in [3.63, 3.8) is 0 Å². The summed E-state index contributed by atoms with van der Waals surface area (Å²) in [6.07, 6.45) is 0. The van der Waals surface area contributed by atoms with Crippen LogP contribution in [0.2, 0.25) is 0 Å². The summed E-state index contributed by atoms with van der Waals surface area (Å²) in [5.74, 6) is 0. The smallest absolute Gasteiger partial charge is 0.107 e. The largest absolute Gasteiger partial charge is 0.380 e. The fraction of sp³-hybridized carbons (Fsp3) is 0.769. The van der Waals surface area contributed by atoms with Gasteiger partial charge in [0.25, 0.3) is 0 Å². The molecular formula is C13H24N2OS. The van der Waals surface area contributed by atoms with E-state index in [1.54, 1.807) is 11.3 Å². The fourth-order valence-electron chi connectivity index (χ4n) is 1.35.